The second-order valence-corrected chi connectivity index (χ2v) is 2.44. The summed E-state index contributed by atoms with van der Waals surface area (Å²) in [4.78, 5) is 11.0. The van der Waals surface area contributed by atoms with Crippen LogP contribution in [0.25, 0.3) is 0 Å². The molecule has 2 N–H and O–H groups in total. The molecule has 0 bridgehead atoms. The molecule has 0 aliphatic carbocycles. The summed E-state index contributed by atoms with van der Waals surface area (Å²) in [6, 6.07) is 0. The second-order valence-electron chi connectivity index (χ2n) is 2.44. The van der Waals surface area contributed by atoms with Crippen LogP contribution in [0.3, 0.4) is 0 Å². The lowest BCUT2D eigenvalue weighted by Crippen LogP contribution is -2.17. The number of ether oxygens (including phenoxy) is 1. The van der Waals surface area contributed by atoms with E-state index in [0.717, 1.165) is 0 Å². The van der Waals surface area contributed by atoms with Crippen molar-refractivity contribution in [1.82, 2.24) is 0 Å². The minimum absolute atomic E-state index is 0.129. The maximum atomic E-state index is 11.0. The van der Waals surface area contributed by atoms with Crippen molar-refractivity contribution < 1.29 is 19.7 Å². The number of carbonyl (C=O) groups is 1. The Morgan fingerprint density at radius 3 is 2.58 bits per heavy atom. The van der Waals surface area contributed by atoms with Gasteiger partial charge >= 0.3 is 5.97 Å². The van der Waals surface area contributed by atoms with Gasteiger partial charge in [-0.05, 0) is 13.3 Å². The Kier molecular flexibility index (Phi) is 5.12. The predicted molar refractivity (Wildman–Crippen MR) is 43.6 cm³/mol. The van der Waals surface area contributed by atoms with Crippen molar-refractivity contribution in [3.05, 3.63) is 11.8 Å². The van der Waals surface area contributed by atoms with Crippen molar-refractivity contribution in [2.24, 2.45) is 0 Å². The molecule has 0 radical (unpaired) electrons. The first-order valence-electron chi connectivity index (χ1n) is 3.80. The molecule has 1 unspecified atom stereocenters. The van der Waals surface area contributed by atoms with Gasteiger partial charge in [0.05, 0.1) is 24.5 Å². The molecule has 0 aromatic heterocycles. The summed E-state index contributed by atoms with van der Waals surface area (Å²) in [5.74, 6) is -0.672. The summed E-state index contributed by atoms with van der Waals surface area (Å²) in [5.41, 5.74) is -0.129. The van der Waals surface area contributed by atoms with Gasteiger partial charge in [0.25, 0.3) is 0 Å². The van der Waals surface area contributed by atoms with Crippen LogP contribution in [0, 0.1) is 0 Å². The Bertz CT molecular complexity index is 174. The smallest absolute Gasteiger partial charge is 0.339 e. The van der Waals surface area contributed by atoms with Crippen LogP contribution < -0.4 is 0 Å². The molecule has 0 aliphatic heterocycles. The van der Waals surface area contributed by atoms with E-state index in [1.54, 1.807) is 6.92 Å². The van der Waals surface area contributed by atoms with Gasteiger partial charge in [-0.25, -0.2) is 4.79 Å². The molecule has 0 aromatic rings. The van der Waals surface area contributed by atoms with Crippen LogP contribution in [0.2, 0.25) is 0 Å². The van der Waals surface area contributed by atoms with Gasteiger partial charge in [-0.15, -0.1) is 0 Å². The average Bonchev–Trinajstić information content (AvgIpc) is 2.06. The lowest BCUT2D eigenvalue weighted by atomic mass is 10.3. The summed E-state index contributed by atoms with van der Waals surface area (Å²) >= 11 is 0. The van der Waals surface area contributed by atoms with Gasteiger partial charge in [0, 0.05) is 0 Å². The minimum atomic E-state index is -0.672. The molecule has 0 amide bonds. The van der Waals surface area contributed by atoms with Gasteiger partial charge in [0.1, 0.15) is 0 Å². The Morgan fingerprint density at radius 1 is 1.67 bits per heavy atom. The van der Waals surface area contributed by atoms with Crippen molar-refractivity contribution in [3.63, 3.8) is 0 Å². The van der Waals surface area contributed by atoms with Crippen molar-refractivity contribution in [2.75, 3.05) is 6.61 Å². The van der Waals surface area contributed by atoms with Crippen LogP contribution in [0.1, 0.15) is 20.3 Å². The topological polar surface area (TPSA) is 66.8 Å². The summed E-state index contributed by atoms with van der Waals surface area (Å²) in [6.45, 7) is 3.11. The fourth-order valence-corrected chi connectivity index (χ4v) is 0.500. The van der Waals surface area contributed by atoms with E-state index in [-0.39, 0.29) is 11.7 Å². The first-order valence-corrected chi connectivity index (χ1v) is 3.80. The van der Waals surface area contributed by atoms with Crippen LogP contribution in [0.15, 0.2) is 11.8 Å². The van der Waals surface area contributed by atoms with Gasteiger partial charge in [0.15, 0.2) is 0 Å². The molecule has 0 spiro atoms. The maximum absolute atomic E-state index is 11.0. The van der Waals surface area contributed by atoms with Crippen molar-refractivity contribution in [1.29, 1.82) is 0 Å². The Labute approximate surface area is 71.5 Å². The second kappa shape index (κ2) is 5.60. The highest BCUT2D eigenvalue weighted by Crippen LogP contribution is 2.02. The van der Waals surface area contributed by atoms with Gasteiger partial charge < -0.3 is 14.9 Å². The summed E-state index contributed by atoms with van der Waals surface area (Å²) in [5, 5.41) is 17.0. The fourth-order valence-electron chi connectivity index (χ4n) is 0.500. The largest absolute Gasteiger partial charge is 0.515 e. The van der Waals surface area contributed by atoms with E-state index < -0.39 is 12.6 Å². The molecule has 0 aromatic carbocycles. The molecular weight excluding hydrogens is 160 g/mol. The highest BCUT2D eigenvalue weighted by molar-refractivity contribution is 5.88. The zero-order valence-corrected chi connectivity index (χ0v) is 7.28. The highest BCUT2D eigenvalue weighted by Gasteiger charge is 2.12. The van der Waals surface area contributed by atoms with E-state index in [9.17, 15) is 4.79 Å². The van der Waals surface area contributed by atoms with E-state index in [1.807, 2.05) is 6.92 Å². The normalized spacial score (nSPS) is 14.1. The van der Waals surface area contributed by atoms with Gasteiger partial charge in [-0.3, -0.25) is 0 Å². The molecule has 0 rings (SSSR count). The standard InChI is InChI=1S/C8H14O4/c1-3-6(2)12-8(11)7(4-9)5-10/h4,6,9-10H,3,5H2,1-2H3. The first kappa shape index (κ1) is 11.0. The monoisotopic (exact) mass is 174 g/mol. The van der Waals surface area contributed by atoms with Gasteiger partial charge in [-0.1, -0.05) is 6.92 Å². The molecule has 0 saturated carbocycles. The van der Waals surface area contributed by atoms with Crippen molar-refractivity contribution >= 4 is 5.97 Å². The first-order chi connectivity index (χ1) is 5.65. The zero-order chi connectivity index (χ0) is 9.56. The number of hydrogen-bond donors (Lipinski definition) is 2. The van der Waals surface area contributed by atoms with E-state index in [4.69, 9.17) is 14.9 Å². The number of carbonyl (C=O) groups excluding carboxylic acids is 1. The van der Waals surface area contributed by atoms with Crippen LogP contribution in [-0.2, 0) is 9.53 Å². The van der Waals surface area contributed by atoms with Crippen LogP contribution in [0.4, 0.5) is 0 Å². The third kappa shape index (κ3) is 3.39. The van der Waals surface area contributed by atoms with Crippen LogP contribution in [0.5, 0.6) is 0 Å². The van der Waals surface area contributed by atoms with Crippen molar-refractivity contribution in [3.8, 4) is 0 Å². The summed E-state index contributed by atoms with van der Waals surface area (Å²) in [6.07, 6.45) is 1.07. The molecular formula is C8H14O4. The van der Waals surface area contributed by atoms with E-state index >= 15 is 0 Å². The van der Waals surface area contributed by atoms with E-state index in [0.29, 0.717) is 12.7 Å². The van der Waals surface area contributed by atoms with Gasteiger partial charge in [0.2, 0.25) is 0 Å². The molecule has 12 heavy (non-hydrogen) atoms. The fraction of sp³-hybridized carbons (Fsp3) is 0.625. The van der Waals surface area contributed by atoms with Gasteiger partial charge in [-0.2, -0.15) is 0 Å². The lowest BCUT2D eigenvalue weighted by Gasteiger charge is -2.10. The third-order valence-corrected chi connectivity index (χ3v) is 1.47. The number of esters is 1. The molecule has 0 heterocycles. The van der Waals surface area contributed by atoms with E-state index in [1.165, 1.54) is 0 Å². The Balaban J connectivity index is 4.03. The summed E-state index contributed by atoms with van der Waals surface area (Å²) in [7, 11) is 0. The molecule has 0 aliphatic rings. The molecule has 0 fully saturated rings. The number of hydrogen-bond acceptors (Lipinski definition) is 4. The molecule has 1 atom stereocenters. The van der Waals surface area contributed by atoms with Crippen LogP contribution in [-0.4, -0.2) is 28.9 Å². The summed E-state index contributed by atoms with van der Waals surface area (Å²) < 4.78 is 4.82. The highest BCUT2D eigenvalue weighted by atomic mass is 16.5. The quantitative estimate of drug-likeness (QED) is 0.375. The molecule has 0 saturated heterocycles. The SMILES string of the molecule is CCC(C)OC(=O)C(=CO)CO. The zero-order valence-electron chi connectivity index (χ0n) is 7.28. The third-order valence-electron chi connectivity index (χ3n) is 1.47. The predicted octanol–water partition coefficient (Wildman–Crippen LogP) is 0.762. The number of aliphatic hydroxyl groups excluding tert-OH is 2. The number of aliphatic hydroxyl groups is 2. The molecule has 4 nitrogen and oxygen atoms in total. The minimum Gasteiger partial charge on any atom is -0.515 e. The van der Waals surface area contributed by atoms with Crippen molar-refractivity contribution in [2.45, 2.75) is 26.4 Å². The van der Waals surface area contributed by atoms with E-state index in [2.05, 4.69) is 0 Å². The number of rotatable bonds is 4. The lowest BCUT2D eigenvalue weighted by molar-refractivity contribution is -0.144. The molecule has 70 valence electrons. The molecule has 4 heteroatoms. The van der Waals surface area contributed by atoms with Crippen LogP contribution >= 0.6 is 0 Å². The Hall–Kier alpha value is -1.03. The maximum Gasteiger partial charge on any atom is 0.339 e. The Morgan fingerprint density at radius 2 is 2.25 bits per heavy atom. The average molecular weight is 174 g/mol.